The maximum Gasteiger partial charge on any atom is 0.410 e. The molecule has 28 heavy (non-hydrogen) atoms. The van der Waals surface area contributed by atoms with Gasteiger partial charge < -0.3 is 9.64 Å². The second-order valence-electron chi connectivity index (χ2n) is 8.79. The fourth-order valence-corrected chi connectivity index (χ4v) is 4.13. The highest BCUT2D eigenvalue weighted by atomic mass is 35.5. The summed E-state index contributed by atoms with van der Waals surface area (Å²) in [5.41, 5.74) is 5.01. The van der Waals surface area contributed by atoms with Crippen LogP contribution in [0.5, 0.6) is 0 Å². The summed E-state index contributed by atoms with van der Waals surface area (Å²) in [7, 11) is 0. The van der Waals surface area contributed by atoms with Crippen molar-refractivity contribution in [1.29, 1.82) is 0 Å². The summed E-state index contributed by atoms with van der Waals surface area (Å²) in [6.07, 6.45) is 4.40. The molecule has 2 aromatic rings. The lowest BCUT2D eigenvalue weighted by Gasteiger charge is -2.30. The van der Waals surface area contributed by atoms with Gasteiger partial charge in [0.05, 0.1) is 29.5 Å². The van der Waals surface area contributed by atoms with Gasteiger partial charge in [0, 0.05) is 18.5 Å². The number of carbonyl (C=O) groups is 1. The van der Waals surface area contributed by atoms with E-state index in [9.17, 15) is 4.79 Å². The molecule has 0 N–H and O–H groups in total. The molecule has 0 spiro atoms. The lowest BCUT2D eigenvalue weighted by atomic mass is 9.80. The Hall–Kier alpha value is -2.01. The van der Waals surface area contributed by atoms with Crippen molar-refractivity contribution in [2.75, 3.05) is 6.54 Å². The van der Waals surface area contributed by atoms with Gasteiger partial charge in [-0.05, 0) is 57.2 Å². The van der Waals surface area contributed by atoms with Crippen LogP contribution in [0.3, 0.4) is 0 Å². The van der Waals surface area contributed by atoms with Gasteiger partial charge in [0.1, 0.15) is 5.60 Å². The summed E-state index contributed by atoms with van der Waals surface area (Å²) < 4.78 is 7.54. The average molecular weight is 402 g/mol. The third-order valence-electron chi connectivity index (χ3n) is 5.63. The summed E-state index contributed by atoms with van der Waals surface area (Å²) >= 11 is 6.18. The van der Waals surface area contributed by atoms with Crippen LogP contribution in [0.15, 0.2) is 24.3 Å². The van der Waals surface area contributed by atoms with Crippen molar-refractivity contribution in [3.63, 3.8) is 0 Å². The molecular weight excluding hydrogens is 374 g/mol. The predicted molar refractivity (Wildman–Crippen MR) is 110 cm³/mol. The zero-order valence-electron chi connectivity index (χ0n) is 16.9. The number of halogens is 1. The SMILES string of the molecule is CC(C)(C)OC(=O)N1CCc2c(c(CCl)nn2-c2ccc(C3CCC3)cc2)C1. The average Bonchev–Trinajstić information content (AvgIpc) is 2.97. The number of benzene rings is 1. The minimum Gasteiger partial charge on any atom is -0.444 e. The first kappa shape index (κ1) is 19.3. The fraction of sp³-hybridized carbons (Fsp3) is 0.545. The quantitative estimate of drug-likeness (QED) is 0.666. The van der Waals surface area contributed by atoms with Crippen molar-refractivity contribution in [3.05, 3.63) is 46.8 Å². The van der Waals surface area contributed by atoms with Crippen LogP contribution in [-0.2, 0) is 23.6 Å². The molecule has 0 atom stereocenters. The van der Waals surface area contributed by atoms with Crippen molar-refractivity contribution < 1.29 is 9.53 Å². The van der Waals surface area contributed by atoms with Crippen molar-refractivity contribution >= 4 is 17.7 Å². The third-order valence-corrected chi connectivity index (χ3v) is 5.89. The molecule has 0 unspecified atom stereocenters. The van der Waals surface area contributed by atoms with E-state index >= 15 is 0 Å². The highest BCUT2D eigenvalue weighted by Gasteiger charge is 2.30. The molecular formula is C22H28ClN3O2. The number of aromatic nitrogens is 2. The standard InChI is InChI=1S/C22H28ClN3O2/c1-22(2,3)28-21(27)25-12-11-20-18(14-25)19(13-23)24-26(20)17-9-7-16(8-10-17)15-5-4-6-15/h7-10,15H,4-6,11-14H2,1-3H3. The van der Waals surface area contributed by atoms with E-state index in [2.05, 4.69) is 24.3 Å². The lowest BCUT2D eigenvalue weighted by Crippen LogP contribution is -2.40. The number of hydrogen-bond donors (Lipinski definition) is 0. The molecule has 6 heteroatoms. The van der Waals surface area contributed by atoms with Gasteiger partial charge in [0.2, 0.25) is 0 Å². The van der Waals surface area contributed by atoms with E-state index < -0.39 is 5.60 Å². The molecule has 0 bridgehead atoms. The predicted octanol–water partition coefficient (Wildman–Crippen LogP) is 5.17. The molecule has 0 radical (unpaired) electrons. The Labute approximate surface area is 171 Å². The number of rotatable bonds is 3. The Morgan fingerprint density at radius 2 is 1.96 bits per heavy atom. The van der Waals surface area contributed by atoms with Crippen molar-refractivity contribution in [3.8, 4) is 5.69 Å². The molecule has 4 rings (SSSR count). The minimum atomic E-state index is -0.501. The largest absolute Gasteiger partial charge is 0.444 e. The summed E-state index contributed by atoms with van der Waals surface area (Å²) in [6.45, 7) is 6.77. The van der Waals surface area contributed by atoms with E-state index in [0.717, 1.165) is 35.0 Å². The van der Waals surface area contributed by atoms with Crippen LogP contribution in [0, 0.1) is 0 Å². The molecule has 1 fully saturated rings. The van der Waals surface area contributed by atoms with Gasteiger partial charge in [0.25, 0.3) is 0 Å². The van der Waals surface area contributed by atoms with Gasteiger partial charge in [-0.1, -0.05) is 18.6 Å². The first-order chi connectivity index (χ1) is 13.4. The summed E-state index contributed by atoms with van der Waals surface area (Å²) in [5, 5.41) is 4.76. The molecule has 1 aromatic heterocycles. The number of fused-ring (bicyclic) bond motifs is 1. The van der Waals surface area contributed by atoms with E-state index in [-0.39, 0.29) is 6.09 Å². The number of hydrogen-bond acceptors (Lipinski definition) is 3. The molecule has 150 valence electrons. The molecule has 1 aromatic carbocycles. The van der Waals surface area contributed by atoms with Crippen molar-refractivity contribution in [1.82, 2.24) is 14.7 Å². The first-order valence-electron chi connectivity index (χ1n) is 10.1. The van der Waals surface area contributed by atoms with Crippen LogP contribution in [0.2, 0.25) is 0 Å². The number of carbonyl (C=O) groups excluding carboxylic acids is 1. The van der Waals surface area contributed by atoms with Crippen LogP contribution in [0.1, 0.15) is 68.5 Å². The zero-order chi connectivity index (χ0) is 19.9. The van der Waals surface area contributed by atoms with Gasteiger partial charge >= 0.3 is 6.09 Å². The third kappa shape index (κ3) is 3.77. The number of alkyl halides is 1. The second kappa shape index (κ2) is 7.43. The van der Waals surface area contributed by atoms with Crippen LogP contribution in [-0.4, -0.2) is 32.9 Å². The summed E-state index contributed by atoms with van der Waals surface area (Å²) in [6, 6.07) is 8.76. The van der Waals surface area contributed by atoms with E-state index in [1.54, 1.807) is 4.90 Å². The Bertz CT molecular complexity index is 863. The van der Waals surface area contributed by atoms with Gasteiger partial charge in [-0.15, -0.1) is 11.6 Å². The molecule has 5 nitrogen and oxygen atoms in total. The van der Waals surface area contributed by atoms with E-state index in [4.69, 9.17) is 21.4 Å². The normalized spacial score (nSPS) is 17.2. The van der Waals surface area contributed by atoms with E-state index in [1.807, 2.05) is 25.5 Å². The maximum atomic E-state index is 12.5. The molecule has 1 aliphatic heterocycles. The Balaban J connectivity index is 1.58. The number of ether oxygens (including phenoxy) is 1. The van der Waals surface area contributed by atoms with E-state index in [1.165, 1.54) is 24.8 Å². The molecule has 2 aliphatic rings. The van der Waals surface area contributed by atoms with Crippen LogP contribution >= 0.6 is 11.6 Å². The minimum absolute atomic E-state index is 0.281. The summed E-state index contributed by atoms with van der Waals surface area (Å²) in [5.74, 6) is 1.05. The number of amides is 1. The van der Waals surface area contributed by atoms with Crippen LogP contribution in [0.25, 0.3) is 5.69 Å². The lowest BCUT2D eigenvalue weighted by molar-refractivity contribution is 0.0222. The molecule has 1 saturated carbocycles. The molecule has 1 amide bonds. The number of nitrogens with zero attached hydrogens (tertiary/aromatic N) is 3. The smallest absolute Gasteiger partial charge is 0.410 e. The molecule has 1 aliphatic carbocycles. The topological polar surface area (TPSA) is 47.4 Å². The van der Waals surface area contributed by atoms with Crippen molar-refractivity contribution in [2.24, 2.45) is 0 Å². The van der Waals surface area contributed by atoms with Gasteiger partial charge in [0.15, 0.2) is 0 Å². The Morgan fingerprint density at radius 1 is 1.25 bits per heavy atom. The monoisotopic (exact) mass is 401 g/mol. The Kier molecular flexibility index (Phi) is 5.13. The van der Waals surface area contributed by atoms with Crippen LogP contribution in [0.4, 0.5) is 4.79 Å². The fourth-order valence-electron chi connectivity index (χ4n) is 3.92. The van der Waals surface area contributed by atoms with Gasteiger partial charge in [-0.25, -0.2) is 9.48 Å². The van der Waals surface area contributed by atoms with Crippen LogP contribution < -0.4 is 0 Å². The van der Waals surface area contributed by atoms with Gasteiger partial charge in [-0.3, -0.25) is 0 Å². The maximum absolute atomic E-state index is 12.5. The second-order valence-corrected chi connectivity index (χ2v) is 9.06. The molecule has 2 heterocycles. The van der Waals surface area contributed by atoms with E-state index in [0.29, 0.717) is 19.0 Å². The van der Waals surface area contributed by atoms with Gasteiger partial charge in [-0.2, -0.15) is 5.10 Å². The zero-order valence-corrected chi connectivity index (χ0v) is 17.6. The summed E-state index contributed by atoms with van der Waals surface area (Å²) in [4.78, 5) is 14.2. The highest BCUT2D eigenvalue weighted by molar-refractivity contribution is 6.17. The molecule has 0 saturated heterocycles. The highest BCUT2D eigenvalue weighted by Crippen LogP contribution is 2.36. The Morgan fingerprint density at radius 3 is 2.54 bits per heavy atom. The first-order valence-corrected chi connectivity index (χ1v) is 10.6. The van der Waals surface area contributed by atoms with Crippen molar-refractivity contribution in [2.45, 2.75) is 70.4 Å².